The van der Waals surface area contributed by atoms with Gasteiger partial charge in [0.2, 0.25) is 0 Å². The molecule has 0 saturated heterocycles. The first-order valence-electron chi connectivity index (χ1n) is 6.90. The van der Waals surface area contributed by atoms with Crippen LogP contribution in [0, 0.1) is 5.92 Å². The Morgan fingerprint density at radius 3 is 3.17 bits per heavy atom. The number of rotatable bonds is 0. The van der Waals surface area contributed by atoms with Gasteiger partial charge < -0.3 is 10.0 Å². The third-order valence-corrected chi connectivity index (χ3v) is 4.76. The van der Waals surface area contributed by atoms with Gasteiger partial charge >= 0.3 is 0 Å². The fraction of sp³-hybridized carbons (Fsp3) is 0.533. The van der Waals surface area contributed by atoms with Crippen LogP contribution in [0.2, 0.25) is 0 Å². The minimum atomic E-state index is -0.115. The summed E-state index contributed by atoms with van der Waals surface area (Å²) < 4.78 is 0. The zero-order valence-corrected chi connectivity index (χ0v) is 10.4. The van der Waals surface area contributed by atoms with Gasteiger partial charge in [0, 0.05) is 36.5 Å². The van der Waals surface area contributed by atoms with E-state index in [-0.39, 0.29) is 6.10 Å². The average Bonchev–Trinajstić information content (AvgIpc) is 2.64. The van der Waals surface area contributed by atoms with Crippen molar-refractivity contribution in [3.8, 4) is 0 Å². The van der Waals surface area contributed by atoms with Gasteiger partial charge in [0.1, 0.15) is 0 Å². The van der Waals surface area contributed by atoms with Crippen molar-refractivity contribution in [3.05, 3.63) is 29.3 Å². The Bertz CT molecular complexity index is 511. The molecule has 0 aromatic heterocycles. The van der Waals surface area contributed by atoms with E-state index in [0.29, 0.717) is 11.8 Å². The molecule has 0 spiro atoms. The summed E-state index contributed by atoms with van der Waals surface area (Å²) in [6.45, 7) is 2.84. The molecule has 0 bridgehead atoms. The lowest BCUT2D eigenvalue weighted by molar-refractivity contribution is 0.128. The van der Waals surface area contributed by atoms with Gasteiger partial charge in [0.15, 0.2) is 0 Å². The van der Waals surface area contributed by atoms with E-state index >= 15 is 0 Å². The Kier molecular flexibility index (Phi) is 2.24. The summed E-state index contributed by atoms with van der Waals surface area (Å²) in [4.78, 5) is 6.90. The fourth-order valence-electron chi connectivity index (χ4n) is 3.92. The second-order valence-electron chi connectivity index (χ2n) is 5.68. The normalized spacial score (nSPS) is 32.9. The van der Waals surface area contributed by atoms with Crippen molar-refractivity contribution < 1.29 is 5.11 Å². The first kappa shape index (κ1) is 10.6. The molecule has 3 unspecified atom stereocenters. The summed E-state index contributed by atoms with van der Waals surface area (Å²) in [5.41, 5.74) is 4.08. The second-order valence-corrected chi connectivity index (χ2v) is 5.68. The Morgan fingerprint density at radius 1 is 1.28 bits per heavy atom. The number of aliphatic hydroxyl groups excluding tert-OH is 1. The summed E-state index contributed by atoms with van der Waals surface area (Å²) in [6, 6.07) is 6.54. The molecule has 1 aromatic rings. The molecule has 1 fully saturated rings. The highest BCUT2D eigenvalue weighted by atomic mass is 16.3. The van der Waals surface area contributed by atoms with Gasteiger partial charge in [0.25, 0.3) is 0 Å². The molecule has 4 rings (SSSR count). The van der Waals surface area contributed by atoms with Crippen molar-refractivity contribution in [2.45, 2.75) is 24.9 Å². The van der Waals surface area contributed by atoms with Gasteiger partial charge in [-0.25, -0.2) is 0 Å². The van der Waals surface area contributed by atoms with E-state index in [4.69, 9.17) is 0 Å². The van der Waals surface area contributed by atoms with Crippen LogP contribution in [-0.4, -0.2) is 37.1 Å². The van der Waals surface area contributed by atoms with E-state index in [1.807, 2.05) is 6.21 Å². The maximum atomic E-state index is 10.2. The third-order valence-electron chi connectivity index (χ3n) is 4.76. The van der Waals surface area contributed by atoms with Crippen LogP contribution in [0.25, 0.3) is 0 Å². The number of para-hydroxylation sites is 1. The molecular weight excluding hydrogens is 224 g/mol. The number of benzene rings is 1. The molecule has 3 heteroatoms. The van der Waals surface area contributed by atoms with E-state index in [0.717, 1.165) is 32.5 Å². The van der Waals surface area contributed by atoms with E-state index in [1.54, 1.807) is 0 Å². The van der Waals surface area contributed by atoms with E-state index in [2.05, 4.69) is 28.1 Å². The molecule has 2 heterocycles. The van der Waals surface area contributed by atoms with Crippen molar-refractivity contribution in [3.63, 3.8) is 0 Å². The largest absolute Gasteiger partial charge is 0.393 e. The summed E-state index contributed by atoms with van der Waals surface area (Å²) >= 11 is 0. The van der Waals surface area contributed by atoms with Crippen LogP contribution < -0.4 is 4.90 Å². The van der Waals surface area contributed by atoms with Crippen LogP contribution >= 0.6 is 0 Å². The van der Waals surface area contributed by atoms with Gasteiger partial charge in [-0.3, -0.25) is 4.99 Å². The number of aliphatic imine (C=N–C) groups is 1. The summed E-state index contributed by atoms with van der Waals surface area (Å²) in [5, 5.41) is 10.2. The Labute approximate surface area is 107 Å². The van der Waals surface area contributed by atoms with E-state index in [9.17, 15) is 5.11 Å². The van der Waals surface area contributed by atoms with Crippen molar-refractivity contribution in [2.75, 3.05) is 24.5 Å². The topological polar surface area (TPSA) is 35.8 Å². The summed E-state index contributed by atoms with van der Waals surface area (Å²) in [5.74, 6) is 0.976. The first-order chi connectivity index (χ1) is 8.84. The Balaban J connectivity index is 1.89. The predicted octanol–water partition coefficient (Wildman–Crippen LogP) is 1.79. The first-order valence-corrected chi connectivity index (χ1v) is 6.90. The Hall–Kier alpha value is -1.35. The standard InChI is InChI=1S/C15H18N2O/c18-14-5-4-11-12-3-1-2-10-8-16-6-7-17(15(10)12)9-13(11)14/h1-3,8,11,13-14,18H,4-7,9H2. The fourth-order valence-corrected chi connectivity index (χ4v) is 3.92. The SMILES string of the molecule is OC1CCC2c3cccc4c3N(CCN=C4)CC12. The number of hydrogen-bond acceptors (Lipinski definition) is 3. The highest BCUT2D eigenvalue weighted by Crippen LogP contribution is 2.48. The van der Waals surface area contributed by atoms with Crippen LogP contribution in [0.4, 0.5) is 5.69 Å². The number of hydrogen-bond donors (Lipinski definition) is 1. The molecule has 1 N–H and O–H groups in total. The van der Waals surface area contributed by atoms with Crippen molar-refractivity contribution >= 4 is 11.9 Å². The molecule has 18 heavy (non-hydrogen) atoms. The molecule has 0 amide bonds. The third kappa shape index (κ3) is 1.37. The molecule has 0 radical (unpaired) electrons. The molecule has 2 aliphatic heterocycles. The maximum Gasteiger partial charge on any atom is 0.0591 e. The lowest BCUT2D eigenvalue weighted by Gasteiger charge is -2.39. The molecular formula is C15H18N2O. The Morgan fingerprint density at radius 2 is 2.22 bits per heavy atom. The van der Waals surface area contributed by atoms with Gasteiger partial charge in [0.05, 0.1) is 12.6 Å². The number of fused-ring (bicyclic) bond motifs is 2. The maximum absolute atomic E-state index is 10.2. The highest BCUT2D eigenvalue weighted by molar-refractivity contribution is 5.90. The molecule has 3 aliphatic rings. The predicted molar refractivity (Wildman–Crippen MR) is 72.6 cm³/mol. The van der Waals surface area contributed by atoms with Gasteiger partial charge in [-0.1, -0.05) is 18.2 Å². The number of anilines is 1. The highest BCUT2D eigenvalue weighted by Gasteiger charge is 2.42. The minimum Gasteiger partial charge on any atom is -0.393 e. The average molecular weight is 242 g/mol. The lowest BCUT2D eigenvalue weighted by Crippen LogP contribution is -2.41. The summed E-state index contributed by atoms with van der Waals surface area (Å²) in [6.07, 6.45) is 4.00. The molecule has 3 atom stereocenters. The van der Waals surface area contributed by atoms with E-state index < -0.39 is 0 Å². The van der Waals surface area contributed by atoms with Gasteiger partial charge in [-0.2, -0.15) is 0 Å². The molecule has 1 aliphatic carbocycles. The molecule has 1 saturated carbocycles. The van der Waals surface area contributed by atoms with Gasteiger partial charge in [-0.05, 0) is 24.3 Å². The van der Waals surface area contributed by atoms with Crippen LogP contribution in [0.1, 0.15) is 29.9 Å². The van der Waals surface area contributed by atoms with Crippen LogP contribution in [-0.2, 0) is 0 Å². The summed E-state index contributed by atoms with van der Waals surface area (Å²) in [7, 11) is 0. The minimum absolute atomic E-state index is 0.115. The van der Waals surface area contributed by atoms with Crippen LogP contribution in [0.5, 0.6) is 0 Å². The smallest absolute Gasteiger partial charge is 0.0591 e. The molecule has 1 aromatic carbocycles. The second kappa shape index (κ2) is 3.82. The molecule has 3 nitrogen and oxygen atoms in total. The van der Waals surface area contributed by atoms with Crippen molar-refractivity contribution in [1.82, 2.24) is 0 Å². The zero-order valence-electron chi connectivity index (χ0n) is 10.4. The zero-order chi connectivity index (χ0) is 12.1. The monoisotopic (exact) mass is 242 g/mol. The number of aliphatic hydroxyl groups is 1. The van der Waals surface area contributed by atoms with Crippen molar-refractivity contribution in [1.29, 1.82) is 0 Å². The van der Waals surface area contributed by atoms with Crippen LogP contribution in [0.3, 0.4) is 0 Å². The van der Waals surface area contributed by atoms with E-state index in [1.165, 1.54) is 16.8 Å². The van der Waals surface area contributed by atoms with Crippen molar-refractivity contribution in [2.24, 2.45) is 10.9 Å². The lowest BCUT2D eigenvalue weighted by atomic mass is 9.82. The number of nitrogens with zero attached hydrogens (tertiary/aromatic N) is 2. The quantitative estimate of drug-likeness (QED) is 0.753. The molecule has 94 valence electrons. The van der Waals surface area contributed by atoms with Crippen LogP contribution in [0.15, 0.2) is 23.2 Å². The van der Waals surface area contributed by atoms with Gasteiger partial charge in [-0.15, -0.1) is 0 Å².